The summed E-state index contributed by atoms with van der Waals surface area (Å²) in [7, 11) is 1.82. The number of carbonyl (C=O) groups is 1. The molecule has 0 saturated carbocycles. The molecule has 0 fully saturated rings. The summed E-state index contributed by atoms with van der Waals surface area (Å²) in [5.74, 6) is -0.232. The van der Waals surface area contributed by atoms with Crippen LogP contribution < -0.4 is 10.6 Å². The number of amides is 1. The third-order valence-electron chi connectivity index (χ3n) is 2.67. The average molecular weight is 252 g/mol. The van der Waals surface area contributed by atoms with Gasteiger partial charge in [-0.3, -0.25) is 4.79 Å². The zero-order chi connectivity index (χ0) is 13.5. The van der Waals surface area contributed by atoms with Gasteiger partial charge in [0.2, 0.25) is 5.91 Å². The fourth-order valence-electron chi connectivity index (χ4n) is 1.74. The normalized spacial score (nSPS) is 14.0. The molecule has 5 heteroatoms. The zero-order valence-electron chi connectivity index (χ0n) is 10.7. The summed E-state index contributed by atoms with van der Waals surface area (Å²) in [6.07, 6.45) is -2.03. The van der Waals surface area contributed by atoms with Gasteiger partial charge < -0.3 is 20.8 Å². The van der Waals surface area contributed by atoms with Crippen molar-refractivity contribution in [1.82, 2.24) is 10.6 Å². The SMILES string of the molecule is CNCc1ccccc1C(O)C(O)CNC(C)=O. The Labute approximate surface area is 107 Å². The van der Waals surface area contributed by atoms with Crippen molar-refractivity contribution in [3.63, 3.8) is 0 Å². The second-order valence-corrected chi connectivity index (χ2v) is 4.18. The second kappa shape index (κ2) is 7.10. The highest BCUT2D eigenvalue weighted by Gasteiger charge is 2.20. The van der Waals surface area contributed by atoms with Gasteiger partial charge in [0.05, 0.1) is 0 Å². The van der Waals surface area contributed by atoms with Gasteiger partial charge >= 0.3 is 0 Å². The van der Waals surface area contributed by atoms with E-state index in [1.54, 1.807) is 6.07 Å². The van der Waals surface area contributed by atoms with Crippen LogP contribution in [-0.4, -0.2) is 35.8 Å². The molecule has 2 atom stereocenters. The van der Waals surface area contributed by atoms with Crippen molar-refractivity contribution in [1.29, 1.82) is 0 Å². The molecule has 0 aliphatic carbocycles. The molecule has 1 rings (SSSR count). The van der Waals surface area contributed by atoms with Crippen LogP contribution in [0.25, 0.3) is 0 Å². The molecule has 0 aliphatic heterocycles. The first-order valence-electron chi connectivity index (χ1n) is 5.89. The fourth-order valence-corrected chi connectivity index (χ4v) is 1.74. The first-order chi connectivity index (χ1) is 8.56. The van der Waals surface area contributed by atoms with Gasteiger partial charge in [-0.25, -0.2) is 0 Å². The molecular weight excluding hydrogens is 232 g/mol. The van der Waals surface area contributed by atoms with Crippen molar-refractivity contribution in [3.8, 4) is 0 Å². The van der Waals surface area contributed by atoms with Gasteiger partial charge in [0.25, 0.3) is 0 Å². The third kappa shape index (κ3) is 4.10. The first kappa shape index (κ1) is 14.6. The van der Waals surface area contributed by atoms with Gasteiger partial charge in [-0.15, -0.1) is 0 Å². The monoisotopic (exact) mass is 252 g/mol. The molecule has 2 unspecified atom stereocenters. The van der Waals surface area contributed by atoms with E-state index >= 15 is 0 Å². The molecule has 18 heavy (non-hydrogen) atoms. The predicted molar refractivity (Wildman–Crippen MR) is 68.9 cm³/mol. The van der Waals surface area contributed by atoms with Crippen LogP contribution in [0.15, 0.2) is 24.3 Å². The fraction of sp³-hybridized carbons (Fsp3) is 0.462. The number of carbonyl (C=O) groups excluding carboxylic acids is 1. The summed E-state index contributed by atoms with van der Waals surface area (Å²) < 4.78 is 0. The maximum atomic E-state index is 10.8. The molecule has 100 valence electrons. The Kier molecular flexibility index (Phi) is 5.77. The lowest BCUT2D eigenvalue weighted by Gasteiger charge is -2.21. The minimum atomic E-state index is -1.02. The zero-order valence-corrected chi connectivity index (χ0v) is 10.7. The Balaban J connectivity index is 2.75. The number of rotatable bonds is 6. The molecule has 0 saturated heterocycles. The van der Waals surface area contributed by atoms with Crippen LogP contribution in [0.3, 0.4) is 0 Å². The molecule has 0 radical (unpaired) electrons. The number of aliphatic hydroxyl groups is 2. The van der Waals surface area contributed by atoms with Crippen molar-refractivity contribution in [2.75, 3.05) is 13.6 Å². The molecule has 4 N–H and O–H groups in total. The maximum Gasteiger partial charge on any atom is 0.216 e. The maximum absolute atomic E-state index is 10.8. The van der Waals surface area contributed by atoms with E-state index in [1.165, 1.54) is 6.92 Å². The molecule has 1 aromatic rings. The summed E-state index contributed by atoms with van der Waals surface area (Å²) in [6, 6.07) is 7.35. The number of benzene rings is 1. The number of nitrogens with one attached hydrogen (secondary N) is 2. The third-order valence-corrected chi connectivity index (χ3v) is 2.67. The van der Waals surface area contributed by atoms with Crippen LogP contribution in [0.5, 0.6) is 0 Å². The average Bonchev–Trinajstić information content (AvgIpc) is 2.36. The number of hydrogen-bond acceptors (Lipinski definition) is 4. The molecular formula is C13H20N2O3. The summed E-state index contributed by atoms with van der Waals surface area (Å²) in [6.45, 7) is 2.01. The minimum absolute atomic E-state index is 0.0321. The van der Waals surface area contributed by atoms with Crippen LogP contribution in [0.2, 0.25) is 0 Å². The molecule has 0 spiro atoms. The highest BCUT2D eigenvalue weighted by Crippen LogP contribution is 2.20. The van der Waals surface area contributed by atoms with E-state index in [0.29, 0.717) is 12.1 Å². The van der Waals surface area contributed by atoms with Crippen molar-refractivity contribution >= 4 is 5.91 Å². The molecule has 0 aromatic heterocycles. The lowest BCUT2D eigenvalue weighted by Crippen LogP contribution is -2.34. The first-order valence-corrected chi connectivity index (χ1v) is 5.89. The van der Waals surface area contributed by atoms with E-state index in [2.05, 4.69) is 10.6 Å². The summed E-state index contributed by atoms with van der Waals surface area (Å²) in [4.78, 5) is 10.8. The van der Waals surface area contributed by atoms with Gasteiger partial charge in [-0.05, 0) is 18.2 Å². The number of aliphatic hydroxyl groups excluding tert-OH is 2. The molecule has 0 bridgehead atoms. The standard InChI is InChI=1S/C13H20N2O3/c1-9(16)15-8-12(17)13(18)11-6-4-3-5-10(11)7-14-2/h3-6,12-14,17-18H,7-8H2,1-2H3,(H,15,16). The van der Waals surface area contributed by atoms with Crippen LogP contribution >= 0.6 is 0 Å². The van der Waals surface area contributed by atoms with E-state index in [9.17, 15) is 15.0 Å². The number of hydrogen-bond donors (Lipinski definition) is 4. The van der Waals surface area contributed by atoms with E-state index in [1.807, 2.05) is 25.2 Å². The largest absolute Gasteiger partial charge is 0.388 e. The highest BCUT2D eigenvalue weighted by atomic mass is 16.3. The molecule has 1 amide bonds. The molecule has 1 aromatic carbocycles. The van der Waals surface area contributed by atoms with Gasteiger partial charge in [0.1, 0.15) is 12.2 Å². The van der Waals surface area contributed by atoms with Gasteiger partial charge in [0, 0.05) is 20.0 Å². The van der Waals surface area contributed by atoms with Gasteiger partial charge in [-0.1, -0.05) is 24.3 Å². The lowest BCUT2D eigenvalue weighted by molar-refractivity contribution is -0.119. The Morgan fingerprint density at radius 1 is 1.33 bits per heavy atom. The van der Waals surface area contributed by atoms with Crippen molar-refractivity contribution in [3.05, 3.63) is 35.4 Å². The summed E-state index contributed by atoms with van der Waals surface area (Å²) >= 11 is 0. The Bertz CT molecular complexity index is 396. The Hall–Kier alpha value is -1.43. The predicted octanol–water partition coefficient (Wildman–Crippen LogP) is -0.0636. The van der Waals surface area contributed by atoms with E-state index in [-0.39, 0.29) is 12.5 Å². The molecule has 0 aliphatic rings. The Morgan fingerprint density at radius 2 is 2.00 bits per heavy atom. The van der Waals surface area contributed by atoms with Crippen LogP contribution in [0, 0.1) is 0 Å². The van der Waals surface area contributed by atoms with Crippen LogP contribution in [0.1, 0.15) is 24.2 Å². The Morgan fingerprint density at radius 3 is 2.61 bits per heavy atom. The molecule has 0 heterocycles. The second-order valence-electron chi connectivity index (χ2n) is 4.18. The minimum Gasteiger partial charge on any atom is -0.388 e. The van der Waals surface area contributed by atoms with Gasteiger partial charge in [0.15, 0.2) is 0 Å². The van der Waals surface area contributed by atoms with Crippen LogP contribution in [0.4, 0.5) is 0 Å². The topological polar surface area (TPSA) is 81.6 Å². The van der Waals surface area contributed by atoms with E-state index in [0.717, 1.165) is 5.56 Å². The van der Waals surface area contributed by atoms with Crippen molar-refractivity contribution in [2.24, 2.45) is 0 Å². The van der Waals surface area contributed by atoms with Gasteiger partial charge in [-0.2, -0.15) is 0 Å². The molecule has 5 nitrogen and oxygen atoms in total. The van der Waals surface area contributed by atoms with Crippen molar-refractivity contribution in [2.45, 2.75) is 25.7 Å². The highest BCUT2D eigenvalue weighted by molar-refractivity contribution is 5.72. The quantitative estimate of drug-likeness (QED) is 0.571. The van der Waals surface area contributed by atoms with Crippen molar-refractivity contribution < 1.29 is 15.0 Å². The summed E-state index contributed by atoms with van der Waals surface area (Å²) in [5, 5.41) is 25.4. The lowest BCUT2D eigenvalue weighted by atomic mass is 9.98. The van der Waals surface area contributed by atoms with E-state index in [4.69, 9.17) is 0 Å². The van der Waals surface area contributed by atoms with Crippen LogP contribution in [-0.2, 0) is 11.3 Å². The smallest absolute Gasteiger partial charge is 0.216 e. The summed E-state index contributed by atoms with van der Waals surface area (Å²) in [5.41, 5.74) is 1.60. The van der Waals surface area contributed by atoms with E-state index < -0.39 is 12.2 Å².